The van der Waals surface area contributed by atoms with Crippen LogP contribution in [0.25, 0.3) is 22.0 Å². The van der Waals surface area contributed by atoms with E-state index in [1.165, 1.54) is 24.3 Å². The molecule has 1 N–H and O–H groups in total. The maximum atomic E-state index is 16.4. The summed E-state index contributed by atoms with van der Waals surface area (Å²) in [4.78, 5) is 28.9. The van der Waals surface area contributed by atoms with Crippen LogP contribution in [0, 0.1) is 11.6 Å². The molecule has 9 nitrogen and oxygen atoms in total. The summed E-state index contributed by atoms with van der Waals surface area (Å²) in [6, 6.07) is 6.93. The van der Waals surface area contributed by atoms with Gasteiger partial charge in [0.25, 0.3) is 0 Å². The number of fused-ring (bicyclic) bond motifs is 4. The third-order valence-electron chi connectivity index (χ3n) is 9.69. The number of aromatic hydroxyl groups is 1. The lowest BCUT2D eigenvalue weighted by atomic mass is 9.95. The van der Waals surface area contributed by atoms with Crippen LogP contribution in [-0.4, -0.2) is 87.0 Å². The summed E-state index contributed by atoms with van der Waals surface area (Å²) in [5.74, 6) is -1.33. The molecule has 1 amide bonds. The first-order valence-corrected chi connectivity index (χ1v) is 15.7. The Bertz CT molecular complexity index is 1570. The number of amides is 1. The predicted octanol–water partition coefficient (Wildman–Crippen LogP) is 5.88. The van der Waals surface area contributed by atoms with Gasteiger partial charge in [-0.1, -0.05) is 12.1 Å². The Labute approximate surface area is 255 Å². The maximum Gasteiger partial charge on any atom is 0.410 e. The molecule has 7 rings (SSSR count). The first kappa shape index (κ1) is 29.0. The molecule has 2 aromatic carbocycles. The molecule has 2 bridgehead atoms. The minimum atomic E-state index is -0.756. The molecule has 0 spiro atoms. The fraction of sp³-hybridized carbons (Fsp3) is 0.545. The summed E-state index contributed by atoms with van der Waals surface area (Å²) in [7, 11) is 0. The van der Waals surface area contributed by atoms with Gasteiger partial charge in [-0.3, -0.25) is 9.80 Å². The van der Waals surface area contributed by atoms with Gasteiger partial charge in [0.05, 0.1) is 23.2 Å². The topological polar surface area (TPSA) is 91.3 Å². The normalized spacial score (nSPS) is 22.9. The van der Waals surface area contributed by atoms with E-state index in [0.29, 0.717) is 30.9 Å². The van der Waals surface area contributed by atoms with Gasteiger partial charge in [0.2, 0.25) is 0 Å². The molecule has 5 heterocycles. The number of halogens is 2. The van der Waals surface area contributed by atoms with E-state index in [1.807, 2.05) is 25.7 Å². The Morgan fingerprint density at radius 3 is 2.41 bits per heavy atom. The number of piperazine rings is 1. The van der Waals surface area contributed by atoms with Gasteiger partial charge in [0.15, 0.2) is 5.82 Å². The van der Waals surface area contributed by atoms with E-state index in [1.54, 1.807) is 6.07 Å². The number of ether oxygens (including phenoxy) is 2. The molecule has 2 atom stereocenters. The summed E-state index contributed by atoms with van der Waals surface area (Å²) in [5, 5.41) is 10.9. The second kappa shape index (κ2) is 10.7. The van der Waals surface area contributed by atoms with Crippen molar-refractivity contribution in [3.63, 3.8) is 0 Å². The summed E-state index contributed by atoms with van der Waals surface area (Å²) in [5.41, 5.74) is -0.965. The minimum Gasteiger partial charge on any atom is -0.507 e. The zero-order valence-electron chi connectivity index (χ0n) is 25.5. The van der Waals surface area contributed by atoms with E-state index < -0.39 is 17.2 Å². The second-order valence-electron chi connectivity index (χ2n) is 13.7. The molecule has 2 unspecified atom stereocenters. The van der Waals surface area contributed by atoms with Gasteiger partial charge in [-0.15, -0.1) is 0 Å². The maximum absolute atomic E-state index is 16.4. The molecule has 4 aliphatic heterocycles. The van der Waals surface area contributed by atoms with Gasteiger partial charge in [0, 0.05) is 24.0 Å². The van der Waals surface area contributed by atoms with Crippen LogP contribution >= 0.6 is 0 Å². The number of phenols is 1. The van der Waals surface area contributed by atoms with Crippen molar-refractivity contribution in [3.8, 4) is 22.9 Å². The molecule has 4 fully saturated rings. The monoisotopic (exact) mass is 607 g/mol. The van der Waals surface area contributed by atoms with Crippen LogP contribution in [0.3, 0.4) is 0 Å². The third kappa shape index (κ3) is 4.98. The first-order valence-electron chi connectivity index (χ1n) is 15.7. The van der Waals surface area contributed by atoms with Crippen LogP contribution in [-0.2, 0) is 4.74 Å². The van der Waals surface area contributed by atoms with Crippen LogP contribution in [0.5, 0.6) is 11.8 Å². The van der Waals surface area contributed by atoms with E-state index in [9.17, 15) is 14.3 Å². The lowest BCUT2D eigenvalue weighted by Crippen LogP contribution is -2.57. The summed E-state index contributed by atoms with van der Waals surface area (Å²) in [6.45, 7) is 9.06. The van der Waals surface area contributed by atoms with Gasteiger partial charge in [-0.2, -0.15) is 9.97 Å². The fourth-order valence-electron chi connectivity index (χ4n) is 7.75. The van der Waals surface area contributed by atoms with Crippen molar-refractivity contribution in [3.05, 3.63) is 42.0 Å². The Morgan fingerprint density at radius 1 is 1.05 bits per heavy atom. The summed E-state index contributed by atoms with van der Waals surface area (Å²) in [6.07, 6.45) is 5.64. The molecule has 0 radical (unpaired) electrons. The van der Waals surface area contributed by atoms with Gasteiger partial charge < -0.3 is 19.5 Å². The Morgan fingerprint density at radius 2 is 1.75 bits per heavy atom. The number of phenolic OH excluding ortho intramolecular Hbond substituents is 1. The highest BCUT2D eigenvalue weighted by Crippen LogP contribution is 2.42. The van der Waals surface area contributed by atoms with Crippen molar-refractivity contribution in [1.29, 1.82) is 0 Å². The SMILES string of the molecule is CC(C)(C)OC(=O)N1C2CCC1CN(c1nc(OCC34CCCN3CCC4)nc3c(F)c(-c4c(O)cccc4F)ccc13)C2. The second-order valence-corrected chi connectivity index (χ2v) is 13.7. The number of hydrogen-bond donors (Lipinski definition) is 1. The minimum absolute atomic E-state index is 0.000674. The highest BCUT2D eigenvalue weighted by molar-refractivity contribution is 5.94. The van der Waals surface area contributed by atoms with E-state index in [0.717, 1.165) is 51.6 Å². The molecule has 234 valence electrons. The number of hydrogen-bond acceptors (Lipinski definition) is 8. The van der Waals surface area contributed by atoms with Crippen molar-refractivity contribution in [2.24, 2.45) is 0 Å². The van der Waals surface area contributed by atoms with Crippen LogP contribution in [0.4, 0.5) is 19.4 Å². The molecular formula is C33H39F2N5O4. The molecule has 0 aliphatic carbocycles. The summed E-state index contributed by atoms with van der Waals surface area (Å²) >= 11 is 0. The molecule has 44 heavy (non-hydrogen) atoms. The average Bonchev–Trinajstić information content (AvgIpc) is 3.62. The molecule has 1 aromatic heterocycles. The smallest absolute Gasteiger partial charge is 0.410 e. The lowest BCUT2D eigenvalue weighted by Gasteiger charge is -2.42. The number of aromatic nitrogens is 2. The van der Waals surface area contributed by atoms with Crippen LogP contribution < -0.4 is 9.64 Å². The summed E-state index contributed by atoms with van der Waals surface area (Å²) < 4.78 is 43.2. The van der Waals surface area contributed by atoms with Crippen LogP contribution in [0.2, 0.25) is 0 Å². The van der Waals surface area contributed by atoms with Crippen molar-refractivity contribution < 1.29 is 28.2 Å². The van der Waals surface area contributed by atoms with Crippen molar-refractivity contribution >= 4 is 22.8 Å². The van der Waals surface area contributed by atoms with Gasteiger partial charge in [0.1, 0.15) is 35.1 Å². The quantitative estimate of drug-likeness (QED) is 0.385. The number of rotatable bonds is 5. The molecule has 4 saturated heterocycles. The highest BCUT2D eigenvalue weighted by Gasteiger charge is 2.46. The van der Waals surface area contributed by atoms with E-state index in [-0.39, 0.29) is 52.1 Å². The molecule has 11 heteroatoms. The largest absolute Gasteiger partial charge is 0.507 e. The van der Waals surface area contributed by atoms with E-state index in [4.69, 9.17) is 14.5 Å². The Kier molecular flexibility index (Phi) is 7.06. The molecule has 0 saturated carbocycles. The zero-order chi connectivity index (χ0) is 30.8. The zero-order valence-corrected chi connectivity index (χ0v) is 25.5. The number of carbonyl (C=O) groups is 1. The standard InChI is InChI=1S/C33H39F2N5O4/c1-32(2,3)44-31(42)40-20-9-10-21(40)18-38(17-20)29-23-12-11-22(26-24(34)7-4-8-25(26)41)27(35)28(23)36-30(37-29)43-19-33-13-5-15-39(33)16-6-14-33/h4,7-8,11-12,20-21,41H,5-6,9-10,13-19H2,1-3H3. The van der Waals surface area contributed by atoms with E-state index >= 15 is 4.39 Å². The predicted molar refractivity (Wildman–Crippen MR) is 162 cm³/mol. The number of nitrogens with zero attached hydrogens (tertiary/aromatic N) is 5. The number of benzene rings is 2. The Balaban J connectivity index is 1.27. The van der Waals surface area contributed by atoms with Gasteiger partial charge >= 0.3 is 12.1 Å². The average molecular weight is 608 g/mol. The van der Waals surface area contributed by atoms with Crippen molar-refractivity contribution in [2.75, 3.05) is 37.7 Å². The molecule has 4 aliphatic rings. The molecule has 3 aromatic rings. The van der Waals surface area contributed by atoms with Crippen LogP contribution in [0.1, 0.15) is 59.3 Å². The van der Waals surface area contributed by atoms with Gasteiger partial charge in [-0.25, -0.2) is 13.6 Å². The Hall–Kier alpha value is -3.73. The lowest BCUT2D eigenvalue weighted by molar-refractivity contribution is 0.0122. The highest BCUT2D eigenvalue weighted by atomic mass is 19.1. The third-order valence-corrected chi connectivity index (χ3v) is 9.69. The number of anilines is 1. The van der Waals surface area contributed by atoms with Crippen LogP contribution in [0.15, 0.2) is 30.3 Å². The number of carbonyl (C=O) groups excluding carboxylic acids is 1. The van der Waals surface area contributed by atoms with Crippen molar-refractivity contribution in [2.45, 2.75) is 82.5 Å². The van der Waals surface area contributed by atoms with Crippen molar-refractivity contribution in [1.82, 2.24) is 19.8 Å². The van der Waals surface area contributed by atoms with E-state index in [2.05, 4.69) is 14.8 Å². The van der Waals surface area contributed by atoms with Gasteiger partial charge in [-0.05, 0) is 90.6 Å². The first-order chi connectivity index (χ1) is 21.0. The molecular weight excluding hydrogens is 568 g/mol. The fourth-order valence-corrected chi connectivity index (χ4v) is 7.75.